The van der Waals surface area contributed by atoms with Crippen molar-refractivity contribution in [2.45, 2.75) is 24.7 Å². The van der Waals surface area contributed by atoms with Crippen molar-refractivity contribution < 1.29 is 6.85 Å². The van der Waals surface area contributed by atoms with Crippen LogP contribution in [0.15, 0.2) is 267 Å². The van der Waals surface area contributed by atoms with Gasteiger partial charge in [-0.05, 0) is 151 Å². The van der Waals surface area contributed by atoms with Gasteiger partial charge in [0.25, 0.3) is 0 Å². The zero-order valence-corrected chi connectivity index (χ0v) is 39.9. The lowest BCUT2D eigenvalue weighted by atomic mass is 9.70. The number of anilines is 6. The van der Waals surface area contributed by atoms with E-state index in [2.05, 4.69) is 207 Å². The Bertz CT molecular complexity index is 4150. The summed E-state index contributed by atoms with van der Waals surface area (Å²) in [6.07, 6.45) is 0. The van der Waals surface area contributed by atoms with Crippen molar-refractivity contribution in [1.29, 1.82) is 0 Å². The Morgan fingerprint density at radius 2 is 0.694 bits per heavy atom. The molecular formula is C70H50N2. The van der Waals surface area contributed by atoms with Crippen molar-refractivity contribution in [2.75, 3.05) is 9.80 Å². The Hall–Kier alpha value is -8.98. The lowest BCUT2D eigenvalue weighted by Crippen LogP contribution is -2.27. The zero-order chi connectivity index (χ0) is 52.3. The van der Waals surface area contributed by atoms with Gasteiger partial charge in [-0.1, -0.05) is 208 Å². The molecule has 0 saturated carbocycles. The van der Waals surface area contributed by atoms with Crippen LogP contribution in [0.2, 0.25) is 0 Å². The first-order chi connectivity index (χ1) is 37.6. The molecule has 3 aliphatic carbocycles. The summed E-state index contributed by atoms with van der Waals surface area (Å²) in [6, 6.07) is 82.4. The minimum atomic E-state index is -0.877. The summed E-state index contributed by atoms with van der Waals surface area (Å²) >= 11 is 0. The Kier molecular flexibility index (Phi) is 8.36. The van der Waals surface area contributed by atoms with E-state index >= 15 is 0 Å². The first-order valence-electron chi connectivity index (χ1n) is 27.3. The maximum absolute atomic E-state index is 9.53. The Labute approximate surface area is 429 Å². The molecule has 2 nitrogen and oxygen atoms in total. The third-order valence-electron chi connectivity index (χ3n) is 15.5. The Morgan fingerprint density at radius 3 is 1.19 bits per heavy atom. The van der Waals surface area contributed by atoms with E-state index in [9.17, 15) is 2.74 Å². The molecule has 1 unspecified atom stereocenters. The van der Waals surface area contributed by atoms with Crippen LogP contribution >= 0.6 is 0 Å². The number of fused-ring (bicyclic) bond motifs is 13. The van der Waals surface area contributed by atoms with Crippen LogP contribution in [0.1, 0.15) is 54.1 Å². The molecule has 0 amide bonds. The molecule has 2 heteroatoms. The SMILES string of the molecule is [2H]c1c([2H])c([2H])c(N(c2ccccc2)c2cc3c(cc2-c2ccccc2)-c2ccccc2C32c3ccccc3-c3cc(-c4ccccc4)c(N(c4ccccc4)c4ccc5c(c4)C(C)(C)c4ccccc4-5)cc32)c([2H])c1[2H]. The minimum absolute atomic E-state index is 0.0741. The number of rotatable bonds is 8. The summed E-state index contributed by atoms with van der Waals surface area (Å²) in [5, 5.41) is 0. The lowest BCUT2D eigenvalue weighted by Gasteiger charge is -2.35. The highest BCUT2D eigenvalue weighted by Crippen LogP contribution is 2.66. The largest absolute Gasteiger partial charge is 0.310 e. The number of nitrogens with zero attached hydrogens (tertiary/aromatic N) is 2. The van der Waals surface area contributed by atoms with Crippen molar-refractivity contribution in [2.24, 2.45) is 0 Å². The van der Waals surface area contributed by atoms with E-state index < -0.39 is 23.5 Å². The molecule has 0 aliphatic heterocycles. The highest BCUT2D eigenvalue weighted by Gasteiger charge is 2.53. The summed E-state index contributed by atoms with van der Waals surface area (Å²) < 4.78 is 45.7. The number of hydrogen-bond acceptors (Lipinski definition) is 2. The van der Waals surface area contributed by atoms with E-state index in [0.29, 0.717) is 11.4 Å². The Balaban J connectivity index is 1.11. The van der Waals surface area contributed by atoms with Crippen LogP contribution in [0.3, 0.4) is 0 Å². The van der Waals surface area contributed by atoms with Crippen LogP contribution < -0.4 is 9.80 Å². The van der Waals surface area contributed by atoms with Gasteiger partial charge in [0, 0.05) is 39.3 Å². The average Bonchev–Trinajstić information content (AvgIpc) is 4.25. The van der Waals surface area contributed by atoms with Gasteiger partial charge in [0.1, 0.15) is 0 Å². The summed E-state index contributed by atoms with van der Waals surface area (Å²) in [6.45, 7) is 4.67. The normalized spacial score (nSPS) is 15.9. The fourth-order valence-electron chi connectivity index (χ4n) is 12.4. The molecule has 0 bridgehead atoms. The lowest BCUT2D eigenvalue weighted by molar-refractivity contribution is 0.660. The van der Waals surface area contributed by atoms with E-state index in [1.807, 2.05) is 53.4 Å². The predicted molar refractivity (Wildman–Crippen MR) is 301 cm³/mol. The molecule has 0 aromatic heterocycles. The summed E-state index contributed by atoms with van der Waals surface area (Å²) in [7, 11) is 0. The predicted octanol–water partition coefficient (Wildman–Crippen LogP) is 18.6. The van der Waals surface area contributed by atoms with Crippen LogP contribution in [0.5, 0.6) is 0 Å². The molecule has 0 fully saturated rings. The molecule has 0 saturated heterocycles. The topological polar surface area (TPSA) is 6.48 Å². The molecule has 1 atom stereocenters. The van der Waals surface area contributed by atoms with Gasteiger partial charge in [-0.2, -0.15) is 0 Å². The van der Waals surface area contributed by atoms with Crippen molar-refractivity contribution in [1.82, 2.24) is 0 Å². The molecule has 72 heavy (non-hydrogen) atoms. The molecule has 0 N–H and O–H groups in total. The van der Waals surface area contributed by atoms with Crippen LogP contribution in [0.4, 0.5) is 34.1 Å². The fraction of sp³-hybridized carbons (Fsp3) is 0.0571. The maximum Gasteiger partial charge on any atom is 0.0727 e. The summed E-state index contributed by atoms with van der Waals surface area (Å²) in [5.41, 5.74) is 21.4. The van der Waals surface area contributed by atoms with Crippen LogP contribution in [0.25, 0.3) is 55.6 Å². The van der Waals surface area contributed by atoms with E-state index in [-0.39, 0.29) is 23.2 Å². The van der Waals surface area contributed by atoms with Gasteiger partial charge in [0.15, 0.2) is 0 Å². The van der Waals surface area contributed by atoms with Gasteiger partial charge in [-0.3, -0.25) is 0 Å². The molecule has 340 valence electrons. The van der Waals surface area contributed by atoms with E-state index in [4.69, 9.17) is 4.11 Å². The third kappa shape index (κ3) is 6.15. The average molecular weight is 924 g/mol. The quantitative estimate of drug-likeness (QED) is 0.150. The molecule has 0 heterocycles. The first kappa shape index (κ1) is 36.9. The standard InChI is InChI=1S/C70H50N2/c1-69(2)61-37-21-18-34-53(61)56-41-40-52(42-64(56)69)72(51-32-16-7-17-33-51)68-46-66-60(44-58(68)48-26-10-4-11-27-48)55-36-20-23-39-63(55)70(66)62-38-22-19-35-54(62)59-43-57(47-24-8-3-9-25-47)67(45-65(59)70)71(49-28-12-5-13-29-49)50-30-14-6-15-31-50/h3-46H,1-2H3/i5D,12D,13D,28D,29D. The number of para-hydroxylation sites is 3. The van der Waals surface area contributed by atoms with Crippen molar-refractivity contribution in [3.8, 4) is 55.6 Å². The molecule has 3 aliphatic rings. The highest BCUT2D eigenvalue weighted by atomic mass is 15.2. The second-order valence-electron chi connectivity index (χ2n) is 19.6. The number of benzene rings is 11. The second-order valence-corrected chi connectivity index (χ2v) is 19.6. The molecule has 11 aromatic rings. The third-order valence-corrected chi connectivity index (χ3v) is 15.5. The Morgan fingerprint density at radius 1 is 0.292 bits per heavy atom. The second kappa shape index (κ2) is 16.3. The molecule has 0 radical (unpaired) electrons. The van der Waals surface area contributed by atoms with Gasteiger partial charge >= 0.3 is 0 Å². The van der Waals surface area contributed by atoms with E-state index in [0.717, 1.165) is 83.8 Å². The molecule has 11 aromatic carbocycles. The van der Waals surface area contributed by atoms with Gasteiger partial charge in [0.05, 0.1) is 23.6 Å². The zero-order valence-electron chi connectivity index (χ0n) is 44.9. The smallest absolute Gasteiger partial charge is 0.0727 e. The van der Waals surface area contributed by atoms with Crippen molar-refractivity contribution in [3.63, 3.8) is 0 Å². The van der Waals surface area contributed by atoms with Crippen LogP contribution in [-0.2, 0) is 10.8 Å². The van der Waals surface area contributed by atoms with Crippen molar-refractivity contribution >= 4 is 34.1 Å². The van der Waals surface area contributed by atoms with Gasteiger partial charge in [-0.15, -0.1) is 0 Å². The summed E-state index contributed by atoms with van der Waals surface area (Å²) in [4.78, 5) is 4.33. The van der Waals surface area contributed by atoms with E-state index in [1.54, 1.807) is 0 Å². The maximum atomic E-state index is 9.53. The first-order valence-corrected chi connectivity index (χ1v) is 24.8. The van der Waals surface area contributed by atoms with Crippen molar-refractivity contribution in [3.05, 3.63) is 300 Å². The molecular weight excluding hydrogens is 869 g/mol. The highest BCUT2D eigenvalue weighted by molar-refractivity contribution is 6.03. The minimum Gasteiger partial charge on any atom is -0.310 e. The summed E-state index contributed by atoms with van der Waals surface area (Å²) in [5.74, 6) is 0. The fourth-order valence-corrected chi connectivity index (χ4v) is 12.4. The molecule has 1 spiro atoms. The van der Waals surface area contributed by atoms with Gasteiger partial charge in [-0.25, -0.2) is 0 Å². The number of hydrogen-bond donors (Lipinski definition) is 0. The van der Waals surface area contributed by atoms with E-state index in [1.165, 1.54) is 22.3 Å². The van der Waals surface area contributed by atoms with Crippen LogP contribution in [-0.4, -0.2) is 0 Å². The van der Waals surface area contributed by atoms with Gasteiger partial charge < -0.3 is 9.80 Å². The molecule has 14 rings (SSSR count). The van der Waals surface area contributed by atoms with Gasteiger partial charge in [0.2, 0.25) is 0 Å². The monoisotopic (exact) mass is 923 g/mol. The van der Waals surface area contributed by atoms with Crippen LogP contribution in [0, 0.1) is 0 Å².